The maximum atomic E-state index is 13.5. The van der Waals surface area contributed by atoms with Gasteiger partial charge in [0, 0.05) is 11.4 Å². The number of para-hydroxylation sites is 1. The van der Waals surface area contributed by atoms with E-state index >= 15 is 0 Å². The molecule has 0 aliphatic carbocycles. The Morgan fingerprint density at radius 1 is 1.03 bits per heavy atom. The molecular weight excluding hydrogens is 376 g/mol. The van der Waals surface area contributed by atoms with E-state index in [-0.39, 0.29) is 24.1 Å². The quantitative estimate of drug-likeness (QED) is 0.558. The number of carbonyl (C=O) groups excluding carboxylic acids is 1. The Kier molecular flexibility index (Phi) is 5.08. The zero-order chi connectivity index (χ0) is 21.4. The summed E-state index contributed by atoms with van der Waals surface area (Å²) >= 11 is 0. The first-order valence-corrected chi connectivity index (χ1v) is 10.0. The SMILES string of the molecule is Cc1ccc2nc(C)c(C(=O)N(Cc3nc4ccccc4c(=O)[nH]3)C(C)C)cc2c1. The molecule has 0 bridgehead atoms. The van der Waals surface area contributed by atoms with E-state index in [0.29, 0.717) is 28.0 Å². The maximum absolute atomic E-state index is 13.5. The van der Waals surface area contributed by atoms with Gasteiger partial charge in [0.15, 0.2) is 0 Å². The van der Waals surface area contributed by atoms with Crippen LogP contribution in [0.3, 0.4) is 0 Å². The van der Waals surface area contributed by atoms with Crippen LogP contribution in [0.5, 0.6) is 0 Å². The minimum atomic E-state index is -0.203. The van der Waals surface area contributed by atoms with Crippen molar-refractivity contribution < 1.29 is 4.79 Å². The summed E-state index contributed by atoms with van der Waals surface area (Å²) in [5.41, 5.74) is 3.64. The number of aromatic nitrogens is 3. The molecule has 0 atom stereocenters. The molecule has 0 unspecified atom stereocenters. The summed E-state index contributed by atoms with van der Waals surface area (Å²) in [4.78, 5) is 39.6. The van der Waals surface area contributed by atoms with Crippen molar-refractivity contribution in [2.24, 2.45) is 0 Å². The third-order valence-corrected chi connectivity index (χ3v) is 5.26. The molecule has 4 aromatic rings. The molecule has 0 spiro atoms. The van der Waals surface area contributed by atoms with E-state index < -0.39 is 0 Å². The van der Waals surface area contributed by atoms with Crippen LogP contribution in [0.25, 0.3) is 21.8 Å². The lowest BCUT2D eigenvalue weighted by atomic mass is 10.1. The summed E-state index contributed by atoms with van der Waals surface area (Å²) in [6.07, 6.45) is 0. The summed E-state index contributed by atoms with van der Waals surface area (Å²) in [6, 6.07) is 15.0. The Balaban J connectivity index is 1.73. The van der Waals surface area contributed by atoms with Gasteiger partial charge in [0.05, 0.1) is 34.2 Å². The number of benzene rings is 2. The summed E-state index contributed by atoms with van der Waals surface area (Å²) in [7, 11) is 0. The van der Waals surface area contributed by atoms with E-state index in [0.717, 1.165) is 16.5 Å². The van der Waals surface area contributed by atoms with Gasteiger partial charge < -0.3 is 9.88 Å². The normalized spacial score (nSPS) is 11.4. The Hall–Kier alpha value is -3.54. The number of hydrogen-bond donors (Lipinski definition) is 1. The average molecular weight is 400 g/mol. The van der Waals surface area contributed by atoms with Crippen LogP contribution < -0.4 is 5.56 Å². The second-order valence-electron chi connectivity index (χ2n) is 7.87. The monoisotopic (exact) mass is 400 g/mol. The number of hydrogen-bond acceptors (Lipinski definition) is 4. The smallest absolute Gasteiger partial charge is 0.258 e. The first kappa shape index (κ1) is 19.8. The molecule has 4 rings (SSSR count). The molecule has 2 aromatic heterocycles. The third kappa shape index (κ3) is 3.68. The van der Waals surface area contributed by atoms with Crippen molar-refractivity contribution in [3.8, 4) is 0 Å². The molecule has 0 saturated carbocycles. The number of aryl methyl sites for hydroxylation is 2. The van der Waals surface area contributed by atoms with Gasteiger partial charge in [-0.3, -0.25) is 14.6 Å². The number of nitrogens with zero attached hydrogens (tertiary/aromatic N) is 3. The van der Waals surface area contributed by atoms with Gasteiger partial charge in [0.1, 0.15) is 5.82 Å². The molecule has 1 amide bonds. The second-order valence-corrected chi connectivity index (χ2v) is 7.87. The zero-order valence-corrected chi connectivity index (χ0v) is 17.6. The molecule has 30 heavy (non-hydrogen) atoms. The molecule has 2 aromatic carbocycles. The molecule has 0 aliphatic heterocycles. The van der Waals surface area contributed by atoms with Crippen molar-refractivity contribution in [1.29, 1.82) is 0 Å². The first-order chi connectivity index (χ1) is 14.3. The predicted molar refractivity (Wildman–Crippen MR) is 119 cm³/mol. The molecule has 0 radical (unpaired) electrons. The first-order valence-electron chi connectivity index (χ1n) is 10.0. The Labute approximate surface area is 174 Å². The molecule has 0 saturated heterocycles. The van der Waals surface area contributed by atoms with Crippen molar-refractivity contribution in [1.82, 2.24) is 19.9 Å². The summed E-state index contributed by atoms with van der Waals surface area (Å²) in [5.74, 6) is 0.331. The molecular formula is C24H24N4O2. The topological polar surface area (TPSA) is 79.0 Å². The predicted octanol–water partition coefficient (Wildman–Crippen LogP) is 4.14. The lowest BCUT2D eigenvalue weighted by Gasteiger charge is -2.27. The van der Waals surface area contributed by atoms with Crippen LogP contribution >= 0.6 is 0 Å². The van der Waals surface area contributed by atoms with E-state index in [1.807, 2.05) is 58.0 Å². The number of H-pyrrole nitrogens is 1. The van der Waals surface area contributed by atoms with Crippen LogP contribution in [-0.4, -0.2) is 31.8 Å². The van der Waals surface area contributed by atoms with Crippen LogP contribution in [0, 0.1) is 13.8 Å². The van der Waals surface area contributed by atoms with Gasteiger partial charge >= 0.3 is 0 Å². The average Bonchev–Trinajstić information content (AvgIpc) is 2.71. The van der Waals surface area contributed by atoms with Gasteiger partial charge in [-0.05, 0) is 58.0 Å². The van der Waals surface area contributed by atoms with Crippen LogP contribution in [0.15, 0.2) is 53.3 Å². The lowest BCUT2D eigenvalue weighted by molar-refractivity contribution is 0.0684. The summed E-state index contributed by atoms with van der Waals surface area (Å²) < 4.78 is 0. The van der Waals surface area contributed by atoms with Gasteiger partial charge in [0.2, 0.25) is 0 Å². The maximum Gasteiger partial charge on any atom is 0.258 e. The molecule has 0 aliphatic rings. The van der Waals surface area contributed by atoms with Gasteiger partial charge in [-0.1, -0.05) is 23.8 Å². The highest BCUT2D eigenvalue weighted by molar-refractivity contribution is 5.98. The number of aromatic amines is 1. The molecule has 1 N–H and O–H groups in total. The molecule has 6 nitrogen and oxygen atoms in total. The van der Waals surface area contributed by atoms with Gasteiger partial charge in [0.25, 0.3) is 11.5 Å². The Bertz CT molecular complexity index is 1320. The molecule has 6 heteroatoms. The van der Waals surface area contributed by atoms with Crippen molar-refractivity contribution >= 4 is 27.7 Å². The minimum absolute atomic E-state index is 0.0816. The number of carbonyl (C=O) groups is 1. The summed E-state index contributed by atoms with van der Waals surface area (Å²) in [6.45, 7) is 7.97. The Morgan fingerprint density at radius 3 is 2.57 bits per heavy atom. The lowest BCUT2D eigenvalue weighted by Crippen LogP contribution is -2.38. The van der Waals surface area contributed by atoms with Crippen LogP contribution in [0.2, 0.25) is 0 Å². The van der Waals surface area contributed by atoms with Gasteiger partial charge in [-0.25, -0.2) is 4.98 Å². The highest BCUT2D eigenvalue weighted by Crippen LogP contribution is 2.21. The number of pyridine rings is 1. The van der Waals surface area contributed by atoms with Crippen molar-refractivity contribution in [2.75, 3.05) is 0 Å². The third-order valence-electron chi connectivity index (χ3n) is 5.26. The summed E-state index contributed by atoms with van der Waals surface area (Å²) in [5, 5.41) is 1.47. The zero-order valence-electron chi connectivity index (χ0n) is 17.6. The number of fused-ring (bicyclic) bond motifs is 2. The standard InChI is InChI=1S/C24H24N4O2/c1-14(2)28(13-22-26-21-8-6-5-7-18(21)23(29)27-22)24(30)19-12-17-11-15(3)9-10-20(17)25-16(19)4/h5-12,14H,13H2,1-4H3,(H,26,27,29). The molecule has 0 fully saturated rings. The largest absolute Gasteiger partial charge is 0.329 e. The Morgan fingerprint density at radius 2 is 1.80 bits per heavy atom. The fourth-order valence-electron chi connectivity index (χ4n) is 3.62. The van der Waals surface area contributed by atoms with E-state index in [1.165, 1.54) is 0 Å². The number of nitrogens with one attached hydrogen (secondary N) is 1. The second kappa shape index (κ2) is 7.71. The number of amides is 1. The minimum Gasteiger partial charge on any atom is -0.329 e. The van der Waals surface area contributed by atoms with Crippen LogP contribution in [-0.2, 0) is 6.54 Å². The van der Waals surface area contributed by atoms with E-state index in [1.54, 1.807) is 23.1 Å². The van der Waals surface area contributed by atoms with Crippen LogP contribution in [0.1, 0.15) is 41.3 Å². The van der Waals surface area contributed by atoms with E-state index in [4.69, 9.17) is 0 Å². The van der Waals surface area contributed by atoms with Crippen LogP contribution in [0.4, 0.5) is 0 Å². The highest BCUT2D eigenvalue weighted by Gasteiger charge is 2.23. The van der Waals surface area contributed by atoms with Crippen molar-refractivity contribution in [2.45, 2.75) is 40.3 Å². The van der Waals surface area contributed by atoms with Gasteiger partial charge in [-0.2, -0.15) is 0 Å². The van der Waals surface area contributed by atoms with Gasteiger partial charge in [-0.15, -0.1) is 0 Å². The fourth-order valence-corrected chi connectivity index (χ4v) is 3.62. The van der Waals surface area contributed by atoms with E-state index in [9.17, 15) is 9.59 Å². The van der Waals surface area contributed by atoms with Crippen molar-refractivity contribution in [3.63, 3.8) is 0 Å². The molecule has 152 valence electrons. The van der Waals surface area contributed by atoms with E-state index in [2.05, 4.69) is 15.0 Å². The highest BCUT2D eigenvalue weighted by atomic mass is 16.2. The fraction of sp³-hybridized carbons (Fsp3) is 0.250. The molecule has 2 heterocycles. The number of rotatable bonds is 4. The van der Waals surface area contributed by atoms with Crippen molar-refractivity contribution in [3.05, 3.63) is 81.5 Å².